The first-order valence-corrected chi connectivity index (χ1v) is 7.68. The average molecular weight is 327 g/mol. The van der Waals surface area contributed by atoms with E-state index >= 15 is 0 Å². The van der Waals surface area contributed by atoms with Crippen LogP contribution >= 0.6 is 0 Å². The Balaban J connectivity index is 1.79. The lowest BCUT2D eigenvalue weighted by molar-refractivity contribution is -0.156. The van der Waals surface area contributed by atoms with Crippen molar-refractivity contribution in [3.8, 4) is 0 Å². The third-order valence-corrected chi connectivity index (χ3v) is 3.57. The predicted molar refractivity (Wildman–Crippen MR) is 76.9 cm³/mol. The van der Waals surface area contributed by atoms with Gasteiger partial charge in [0.05, 0.1) is 12.5 Å². The maximum Gasteiger partial charge on any atom is 0.377 e. The van der Waals surface area contributed by atoms with E-state index in [-0.39, 0.29) is 36.7 Å². The Bertz CT molecular complexity index is 488. The Kier molecular flexibility index (Phi) is 6.25. The maximum absolute atomic E-state index is 12.1. The number of piperidine rings is 1. The van der Waals surface area contributed by atoms with Gasteiger partial charge in [0.1, 0.15) is 19.5 Å². The summed E-state index contributed by atoms with van der Waals surface area (Å²) >= 11 is 0. The Labute approximate surface area is 134 Å². The van der Waals surface area contributed by atoms with Crippen molar-refractivity contribution in [2.24, 2.45) is 5.92 Å². The summed E-state index contributed by atoms with van der Waals surface area (Å²) in [5.74, 6) is -1.74. The molecule has 1 saturated heterocycles. The van der Waals surface area contributed by atoms with Gasteiger partial charge in [-0.1, -0.05) is 0 Å². The standard InChI is InChI=1S/C15H21NO7/c1-2-21-14(18)11-4-3-5-16(8-11)13(17)10-23-15(19)12-9-20-6-7-22-12/h9,11H,2-8,10H2,1H3/t11-/m0/s1. The van der Waals surface area contributed by atoms with Crippen molar-refractivity contribution in [3.05, 3.63) is 12.0 Å². The van der Waals surface area contributed by atoms with Crippen molar-refractivity contribution in [3.63, 3.8) is 0 Å². The van der Waals surface area contributed by atoms with Gasteiger partial charge in [-0.2, -0.15) is 0 Å². The first-order valence-electron chi connectivity index (χ1n) is 7.68. The molecule has 2 heterocycles. The van der Waals surface area contributed by atoms with Gasteiger partial charge in [0, 0.05) is 13.1 Å². The molecule has 1 amide bonds. The fourth-order valence-electron chi connectivity index (χ4n) is 2.42. The van der Waals surface area contributed by atoms with E-state index in [1.165, 1.54) is 11.2 Å². The van der Waals surface area contributed by atoms with E-state index in [2.05, 4.69) is 0 Å². The summed E-state index contributed by atoms with van der Waals surface area (Å²) in [7, 11) is 0. The molecule has 0 N–H and O–H groups in total. The fourth-order valence-corrected chi connectivity index (χ4v) is 2.42. The largest absolute Gasteiger partial charge is 0.493 e. The Morgan fingerprint density at radius 3 is 2.83 bits per heavy atom. The van der Waals surface area contributed by atoms with Crippen LogP contribution in [-0.2, 0) is 33.3 Å². The second kappa shape index (κ2) is 8.40. The highest BCUT2D eigenvalue weighted by molar-refractivity contribution is 5.88. The van der Waals surface area contributed by atoms with Gasteiger partial charge in [-0.25, -0.2) is 4.79 Å². The van der Waals surface area contributed by atoms with Crippen LogP contribution in [0, 0.1) is 5.92 Å². The molecular formula is C15H21NO7. The first-order chi connectivity index (χ1) is 11.1. The maximum atomic E-state index is 12.1. The average Bonchev–Trinajstić information content (AvgIpc) is 2.60. The molecule has 2 aliphatic heterocycles. The minimum absolute atomic E-state index is 0.0490. The van der Waals surface area contributed by atoms with Gasteiger partial charge in [0.25, 0.3) is 5.91 Å². The quantitative estimate of drug-likeness (QED) is 0.667. The number of nitrogens with zero attached hydrogens (tertiary/aromatic N) is 1. The molecule has 0 aromatic carbocycles. The summed E-state index contributed by atoms with van der Waals surface area (Å²) in [5.41, 5.74) is 0. The van der Waals surface area contributed by atoms with E-state index in [1.807, 2.05) is 0 Å². The van der Waals surface area contributed by atoms with Crippen LogP contribution < -0.4 is 0 Å². The zero-order valence-corrected chi connectivity index (χ0v) is 13.1. The molecule has 2 aliphatic rings. The zero-order valence-electron chi connectivity index (χ0n) is 13.1. The van der Waals surface area contributed by atoms with Crippen molar-refractivity contribution >= 4 is 17.8 Å². The molecule has 8 heteroatoms. The lowest BCUT2D eigenvalue weighted by atomic mass is 9.98. The summed E-state index contributed by atoms with van der Waals surface area (Å²) in [6, 6.07) is 0. The van der Waals surface area contributed by atoms with E-state index in [1.54, 1.807) is 6.92 Å². The van der Waals surface area contributed by atoms with Crippen LogP contribution in [0.2, 0.25) is 0 Å². The van der Waals surface area contributed by atoms with Crippen molar-refractivity contribution in [2.45, 2.75) is 19.8 Å². The highest BCUT2D eigenvalue weighted by Gasteiger charge is 2.30. The first kappa shape index (κ1) is 17.1. The lowest BCUT2D eigenvalue weighted by Crippen LogP contribution is -2.44. The van der Waals surface area contributed by atoms with Crippen LogP contribution in [0.15, 0.2) is 12.0 Å². The Morgan fingerprint density at radius 2 is 2.13 bits per heavy atom. The fraction of sp³-hybridized carbons (Fsp3) is 0.667. The van der Waals surface area contributed by atoms with E-state index in [4.69, 9.17) is 18.9 Å². The third kappa shape index (κ3) is 4.87. The second-order valence-corrected chi connectivity index (χ2v) is 5.21. The number of hydrogen-bond donors (Lipinski definition) is 0. The molecule has 0 bridgehead atoms. The Morgan fingerprint density at radius 1 is 1.30 bits per heavy atom. The molecule has 23 heavy (non-hydrogen) atoms. The molecule has 0 aromatic heterocycles. The van der Waals surface area contributed by atoms with E-state index in [0.717, 1.165) is 0 Å². The highest BCUT2D eigenvalue weighted by atomic mass is 16.6. The predicted octanol–water partition coefficient (Wildman–Crippen LogP) is 0.220. The SMILES string of the molecule is CCOC(=O)[C@H]1CCCN(C(=O)COC(=O)C2=COCCO2)C1. The normalized spacial score (nSPS) is 20.7. The summed E-state index contributed by atoms with van der Waals surface area (Å²) in [6.07, 6.45) is 2.58. The van der Waals surface area contributed by atoms with Gasteiger partial charge >= 0.3 is 11.9 Å². The van der Waals surface area contributed by atoms with Gasteiger partial charge in [-0.05, 0) is 19.8 Å². The molecule has 0 spiro atoms. The van der Waals surface area contributed by atoms with E-state index < -0.39 is 12.6 Å². The van der Waals surface area contributed by atoms with Crippen molar-refractivity contribution in [2.75, 3.05) is 39.5 Å². The molecular weight excluding hydrogens is 306 g/mol. The number of rotatable bonds is 5. The number of likely N-dealkylation sites (tertiary alicyclic amines) is 1. The van der Waals surface area contributed by atoms with Gasteiger partial charge in [-0.15, -0.1) is 0 Å². The number of carbonyl (C=O) groups is 3. The van der Waals surface area contributed by atoms with Crippen LogP contribution in [-0.4, -0.2) is 62.3 Å². The number of hydrogen-bond acceptors (Lipinski definition) is 7. The monoisotopic (exact) mass is 327 g/mol. The van der Waals surface area contributed by atoms with E-state index in [9.17, 15) is 14.4 Å². The highest BCUT2D eigenvalue weighted by Crippen LogP contribution is 2.18. The number of amides is 1. The van der Waals surface area contributed by atoms with Crippen LogP contribution in [0.3, 0.4) is 0 Å². The molecule has 128 valence electrons. The molecule has 2 rings (SSSR count). The molecule has 0 aromatic rings. The van der Waals surface area contributed by atoms with Crippen LogP contribution in [0.4, 0.5) is 0 Å². The van der Waals surface area contributed by atoms with Gasteiger partial charge < -0.3 is 23.8 Å². The van der Waals surface area contributed by atoms with Crippen molar-refractivity contribution < 1.29 is 33.3 Å². The van der Waals surface area contributed by atoms with Crippen LogP contribution in [0.5, 0.6) is 0 Å². The summed E-state index contributed by atoms with van der Waals surface area (Å²) < 4.78 is 19.9. The van der Waals surface area contributed by atoms with Gasteiger partial charge in [0.2, 0.25) is 5.76 Å². The second-order valence-electron chi connectivity index (χ2n) is 5.21. The lowest BCUT2D eigenvalue weighted by Gasteiger charge is -2.31. The topological polar surface area (TPSA) is 91.4 Å². The molecule has 0 radical (unpaired) electrons. The van der Waals surface area contributed by atoms with Crippen molar-refractivity contribution in [1.29, 1.82) is 0 Å². The molecule has 0 saturated carbocycles. The number of carbonyl (C=O) groups excluding carboxylic acids is 3. The summed E-state index contributed by atoms with van der Waals surface area (Å²) in [6.45, 7) is 3.13. The van der Waals surface area contributed by atoms with Crippen LogP contribution in [0.1, 0.15) is 19.8 Å². The molecule has 0 unspecified atom stereocenters. The van der Waals surface area contributed by atoms with Crippen LogP contribution in [0.25, 0.3) is 0 Å². The third-order valence-electron chi connectivity index (χ3n) is 3.57. The molecule has 1 atom stereocenters. The van der Waals surface area contributed by atoms with E-state index in [0.29, 0.717) is 32.6 Å². The molecule has 0 aliphatic carbocycles. The zero-order chi connectivity index (χ0) is 16.7. The molecule has 8 nitrogen and oxygen atoms in total. The minimum atomic E-state index is -0.739. The van der Waals surface area contributed by atoms with Crippen molar-refractivity contribution in [1.82, 2.24) is 4.90 Å². The molecule has 1 fully saturated rings. The number of ether oxygens (including phenoxy) is 4. The minimum Gasteiger partial charge on any atom is -0.493 e. The van der Waals surface area contributed by atoms with Gasteiger partial charge in [-0.3, -0.25) is 9.59 Å². The van der Waals surface area contributed by atoms with Gasteiger partial charge in [0.15, 0.2) is 6.61 Å². The summed E-state index contributed by atoms with van der Waals surface area (Å²) in [5, 5.41) is 0. The summed E-state index contributed by atoms with van der Waals surface area (Å²) in [4.78, 5) is 37.1. The smallest absolute Gasteiger partial charge is 0.377 e. The Hall–Kier alpha value is -2.25. The number of esters is 2.